The lowest BCUT2D eigenvalue weighted by Crippen LogP contribution is -2.28. The number of rotatable bonds is 3. The Morgan fingerprint density at radius 2 is 1.92 bits per heavy atom. The standard InChI is InChI=1S/C17H23NO5S/c1-8-7-11(14(19)22-8)23-15(20)12-9(2)10(3)24-13(12)18-16(21)17(4,5)6/h8,11H,7H2,1-6H3,(H,18,21)/t8-,11-/m1/s1. The monoisotopic (exact) mass is 353 g/mol. The van der Waals surface area contributed by atoms with Crippen molar-refractivity contribution in [1.82, 2.24) is 0 Å². The molecule has 1 N–H and O–H groups in total. The SMILES string of the molecule is Cc1sc(NC(=O)C(C)(C)C)c(C(=O)O[C@@H]2C[C@@H](C)OC2=O)c1C. The van der Waals surface area contributed by atoms with Crippen LogP contribution < -0.4 is 5.32 Å². The van der Waals surface area contributed by atoms with E-state index in [0.29, 0.717) is 17.0 Å². The van der Waals surface area contributed by atoms with Crippen LogP contribution in [0.15, 0.2) is 0 Å². The molecule has 0 saturated carbocycles. The van der Waals surface area contributed by atoms with E-state index in [9.17, 15) is 14.4 Å². The number of carbonyl (C=O) groups excluding carboxylic acids is 3. The second kappa shape index (κ2) is 6.55. The van der Waals surface area contributed by atoms with Crippen molar-refractivity contribution in [3.05, 3.63) is 16.0 Å². The van der Waals surface area contributed by atoms with Crippen LogP contribution in [0.4, 0.5) is 5.00 Å². The molecule has 1 aromatic heterocycles. The number of anilines is 1. The van der Waals surface area contributed by atoms with Gasteiger partial charge in [0.2, 0.25) is 12.0 Å². The maximum atomic E-state index is 12.6. The molecule has 0 aromatic carbocycles. The van der Waals surface area contributed by atoms with Gasteiger partial charge in [-0.3, -0.25) is 4.79 Å². The lowest BCUT2D eigenvalue weighted by Gasteiger charge is -2.17. The van der Waals surface area contributed by atoms with E-state index in [1.54, 1.807) is 34.6 Å². The molecule has 0 spiro atoms. The van der Waals surface area contributed by atoms with Gasteiger partial charge in [-0.1, -0.05) is 20.8 Å². The minimum absolute atomic E-state index is 0.188. The first-order chi connectivity index (χ1) is 11.0. The predicted molar refractivity (Wildman–Crippen MR) is 91.3 cm³/mol. The molecule has 132 valence electrons. The number of nitrogens with one attached hydrogen (secondary N) is 1. The van der Waals surface area contributed by atoms with Crippen LogP contribution >= 0.6 is 11.3 Å². The average molecular weight is 353 g/mol. The molecule has 2 atom stereocenters. The number of ether oxygens (including phenoxy) is 2. The maximum Gasteiger partial charge on any atom is 0.347 e. The minimum Gasteiger partial charge on any atom is -0.460 e. The topological polar surface area (TPSA) is 81.7 Å². The second-order valence-corrected chi connectivity index (χ2v) is 8.29. The van der Waals surface area contributed by atoms with Crippen LogP contribution in [0.2, 0.25) is 0 Å². The molecular formula is C17H23NO5S. The third kappa shape index (κ3) is 3.77. The van der Waals surface area contributed by atoms with Crippen molar-refractivity contribution in [2.24, 2.45) is 5.41 Å². The number of carbonyl (C=O) groups is 3. The van der Waals surface area contributed by atoms with Crippen LogP contribution in [-0.2, 0) is 19.1 Å². The number of amides is 1. The summed E-state index contributed by atoms with van der Waals surface area (Å²) in [4.78, 5) is 37.4. The normalized spacial score (nSPS) is 20.7. The van der Waals surface area contributed by atoms with Crippen LogP contribution in [0.25, 0.3) is 0 Å². The van der Waals surface area contributed by atoms with E-state index in [1.165, 1.54) is 11.3 Å². The molecule has 0 radical (unpaired) electrons. The van der Waals surface area contributed by atoms with Crippen molar-refractivity contribution in [2.75, 3.05) is 5.32 Å². The number of esters is 2. The molecular weight excluding hydrogens is 330 g/mol. The van der Waals surface area contributed by atoms with E-state index in [0.717, 1.165) is 10.4 Å². The Balaban J connectivity index is 2.24. The highest BCUT2D eigenvalue weighted by molar-refractivity contribution is 7.16. The third-order valence-electron chi connectivity index (χ3n) is 3.87. The van der Waals surface area contributed by atoms with Crippen LogP contribution in [-0.4, -0.2) is 30.1 Å². The molecule has 1 aliphatic rings. The van der Waals surface area contributed by atoms with E-state index in [4.69, 9.17) is 9.47 Å². The van der Waals surface area contributed by atoms with Crippen LogP contribution in [0.5, 0.6) is 0 Å². The Hall–Kier alpha value is -1.89. The maximum absolute atomic E-state index is 12.6. The van der Waals surface area contributed by atoms with Gasteiger partial charge in [-0.25, -0.2) is 9.59 Å². The molecule has 1 aliphatic heterocycles. The number of thiophene rings is 1. The van der Waals surface area contributed by atoms with Gasteiger partial charge in [0.1, 0.15) is 11.1 Å². The zero-order chi connectivity index (χ0) is 18.2. The Morgan fingerprint density at radius 1 is 1.29 bits per heavy atom. The molecule has 1 amide bonds. The second-order valence-electron chi connectivity index (χ2n) is 7.07. The molecule has 1 saturated heterocycles. The molecule has 0 unspecified atom stereocenters. The van der Waals surface area contributed by atoms with Crippen molar-refractivity contribution in [3.8, 4) is 0 Å². The number of aryl methyl sites for hydroxylation is 1. The molecule has 0 aliphatic carbocycles. The smallest absolute Gasteiger partial charge is 0.347 e. The van der Waals surface area contributed by atoms with Crippen molar-refractivity contribution < 1.29 is 23.9 Å². The molecule has 1 aromatic rings. The fraction of sp³-hybridized carbons (Fsp3) is 0.588. The molecule has 7 heteroatoms. The highest BCUT2D eigenvalue weighted by Gasteiger charge is 2.36. The summed E-state index contributed by atoms with van der Waals surface area (Å²) in [6.07, 6.45) is -0.810. The number of hydrogen-bond donors (Lipinski definition) is 1. The van der Waals surface area contributed by atoms with Gasteiger partial charge in [-0.2, -0.15) is 0 Å². The number of cyclic esters (lactones) is 1. The highest BCUT2D eigenvalue weighted by atomic mass is 32.1. The first-order valence-corrected chi connectivity index (χ1v) is 8.65. The zero-order valence-corrected chi connectivity index (χ0v) is 15.6. The van der Waals surface area contributed by atoms with Crippen molar-refractivity contribution >= 4 is 34.2 Å². The van der Waals surface area contributed by atoms with E-state index in [-0.39, 0.29) is 12.0 Å². The van der Waals surface area contributed by atoms with Crippen molar-refractivity contribution in [3.63, 3.8) is 0 Å². The number of hydrogen-bond acceptors (Lipinski definition) is 6. The fourth-order valence-electron chi connectivity index (χ4n) is 2.26. The molecule has 2 heterocycles. The lowest BCUT2D eigenvalue weighted by molar-refractivity contribution is -0.147. The molecule has 1 fully saturated rings. The predicted octanol–water partition coefficient (Wildman–Crippen LogP) is 3.21. The Bertz CT molecular complexity index is 686. The molecule has 6 nitrogen and oxygen atoms in total. The summed E-state index contributed by atoms with van der Waals surface area (Å²) in [5.41, 5.74) is 0.466. The quantitative estimate of drug-likeness (QED) is 0.844. The first kappa shape index (κ1) is 18.4. The van der Waals surface area contributed by atoms with Gasteiger partial charge in [-0.15, -0.1) is 11.3 Å². The summed E-state index contributed by atoms with van der Waals surface area (Å²) in [5.74, 6) is -1.33. The summed E-state index contributed by atoms with van der Waals surface area (Å²) in [6, 6.07) is 0. The van der Waals surface area contributed by atoms with E-state index in [2.05, 4.69) is 5.32 Å². The van der Waals surface area contributed by atoms with Crippen LogP contribution in [0.3, 0.4) is 0 Å². The Kier molecular flexibility index (Phi) is 5.03. The van der Waals surface area contributed by atoms with Gasteiger partial charge >= 0.3 is 11.9 Å². The minimum atomic E-state index is -0.890. The van der Waals surface area contributed by atoms with Gasteiger partial charge < -0.3 is 14.8 Å². The molecule has 24 heavy (non-hydrogen) atoms. The summed E-state index contributed by atoms with van der Waals surface area (Å²) in [7, 11) is 0. The van der Waals surface area contributed by atoms with Crippen molar-refractivity contribution in [2.45, 2.75) is 60.2 Å². The van der Waals surface area contributed by atoms with Crippen LogP contribution in [0, 0.1) is 19.3 Å². The van der Waals surface area contributed by atoms with E-state index < -0.39 is 23.5 Å². The summed E-state index contributed by atoms with van der Waals surface area (Å²) < 4.78 is 10.3. The Morgan fingerprint density at radius 3 is 2.42 bits per heavy atom. The van der Waals surface area contributed by atoms with Crippen LogP contribution in [0.1, 0.15) is 54.9 Å². The van der Waals surface area contributed by atoms with Crippen molar-refractivity contribution in [1.29, 1.82) is 0 Å². The molecule has 2 rings (SSSR count). The largest absolute Gasteiger partial charge is 0.460 e. The summed E-state index contributed by atoms with van der Waals surface area (Å²) >= 11 is 1.32. The van der Waals surface area contributed by atoms with Gasteiger partial charge in [-0.05, 0) is 26.3 Å². The van der Waals surface area contributed by atoms with E-state index in [1.807, 2.05) is 6.92 Å². The lowest BCUT2D eigenvalue weighted by atomic mass is 9.96. The third-order valence-corrected chi connectivity index (χ3v) is 5.00. The van der Waals surface area contributed by atoms with E-state index >= 15 is 0 Å². The fourth-order valence-corrected chi connectivity index (χ4v) is 3.30. The van der Waals surface area contributed by atoms with Gasteiger partial charge in [0, 0.05) is 16.7 Å². The first-order valence-electron chi connectivity index (χ1n) is 7.83. The van der Waals surface area contributed by atoms with Gasteiger partial charge in [0.25, 0.3) is 0 Å². The average Bonchev–Trinajstić information content (AvgIpc) is 2.89. The highest BCUT2D eigenvalue weighted by Crippen LogP contribution is 2.35. The molecule has 0 bridgehead atoms. The summed E-state index contributed by atoms with van der Waals surface area (Å²) in [5, 5.41) is 3.25. The summed E-state index contributed by atoms with van der Waals surface area (Å²) in [6.45, 7) is 10.8. The Labute approximate surface area is 145 Å². The van der Waals surface area contributed by atoms with Gasteiger partial charge in [0.15, 0.2) is 0 Å². The zero-order valence-electron chi connectivity index (χ0n) is 14.8. The van der Waals surface area contributed by atoms with Gasteiger partial charge in [0.05, 0.1) is 5.56 Å².